The van der Waals surface area contributed by atoms with Gasteiger partial charge in [-0.3, -0.25) is 14.2 Å². The van der Waals surface area contributed by atoms with Gasteiger partial charge in [-0.1, -0.05) is 30.3 Å². The van der Waals surface area contributed by atoms with Crippen LogP contribution < -0.4 is 5.56 Å². The molecule has 0 atom stereocenters. The van der Waals surface area contributed by atoms with Crippen molar-refractivity contribution in [2.24, 2.45) is 0 Å². The molecule has 0 amide bonds. The summed E-state index contributed by atoms with van der Waals surface area (Å²) in [6.45, 7) is -0.387. The van der Waals surface area contributed by atoms with Crippen LogP contribution >= 0.6 is 0 Å². The Morgan fingerprint density at radius 3 is 1.66 bits per heavy atom. The minimum Gasteiger partial charge on any atom is -0.469 e. The lowest BCUT2D eigenvalue weighted by atomic mass is 9.90. The van der Waals surface area contributed by atoms with E-state index >= 15 is 0 Å². The first-order chi connectivity index (χ1) is 19.5. The lowest BCUT2D eigenvalue weighted by Gasteiger charge is -2.21. The molecule has 0 saturated heterocycles. The molecular formula is C27H27NO13. The molecule has 0 unspecified atom stereocenters. The zero-order valence-corrected chi connectivity index (χ0v) is 23.1. The molecule has 41 heavy (non-hydrogen) atoms. The Balaban J connectivity index is 3.41. The molecule has 0 N–H and O–H groups in total. The Kier molecular flexibility index (Phi) is 11.1. The normalized spacial score (nSPS) is 11.0. The van der Waals surface area contributed by atoms with E-state index in [0.29, 0.717) is 5.56 Å². The number of pyridine rings is 1. The van der Waals surface area contributed by atoms with E-state index in [1.807, 2.05) is 0 Å². The van der Waals surface area contributed by atoms with Crippen LogP contribution in [0.1, 0.15) is 48.8 Å². The van der Waals surface area contributed by atoms with Crippen LogP contribution in [0.4, 0.5) is 0 Å². The van der Waals surface area contributed by atoms with Gasteiger partial charge in [0.1, 0.15) is 11.3 Å². The van der Waals surface area contributed by atoms with Gasteiger partial charge in [-0.25, -0.2) is 24.0 Å². The van der Waals surface area contributed by atoms with Crippen LogP contribution in [0.25, 0.3) is 5.57 Å². The number of carbonyl (C=O) groups excluding carboxylic acids is 6. The van der Waals surface area contributed by atoms with E-state index in [-0.39, 0.29) is 6.54 Å². The van der Waals surface area contributed by atoms with E-state index in [2.05, 4.69) is 4.74 Å². The lowest BCUT2D eigenvalue weighted by Crippen LogP contribution is -2.37. The zero-order chi connectivity index (χ0) is 30.9. The van der Waals surface area contributed by atoms with Gasteiger partial charge in [0.2, 0.25) is 0 Å². The summed E-state index contributed by atoms with van der Waals surface area (Å²) >= 11 is 0. The first-order valence-corrected chi connectivity index (χ1v) is 11.6. The van der Waals surface area contributed by atoms with Gasteiger partial charge in [0.25, 0.3) is 5.56 Å². The Labute approximate surface area is 233 Å². The predicted molar refractivity (Wildman–Crippen MR) is 138 cm³/mol. The Morgan fingerprint density at radius 2 is 1.17 bits per heavy atom. The van der Waals surface area contributed by atoms with Crippen LogP contribution in [0, 0.1) is 0 Å². The fourth-order valence-electron chi connectivity index (χ4n) is 3.87. The highest BCUT2D eigenvalue weighted by atomic mass is 16.5. The topological polar surface area (TPSA) is 180 Å². The summed E-state index contributed by atoms with van der Waals surface area (Å²) in [4.78, 5) is 91.9. The number of hydrogen-bond donors (Lipinski definition) is 0. The third kappa shape index (κ3) is 6.66. The summed E-state index contributed by atoms with van der Waals surface area (Å²) in [5.41, 5.74) is -5.82. The van der Waals surface area contributed by atoms with E-state index < -0.39 is 81.3 Å². The molecule has 0 aliphatic rings. The molecule has 0 aliphatic heterocycles. The standard InChI is InChI=1S/C27H27NO13/c1-36-16(29)12-15(23(31)37-2)17(24(32)38-3)18-19(25(33)39-4)20(26(34)40-5)21(27(35)41-6)28(22(18)30)13-14-10-8-7-9-11-14/h7-11H,12-13H2,1-6H3/b17-15+. The Bertz CT molecular complexity index is 1470. The van der Waals surface area contributed by atoms with Gasteiger partial charge in [0.05, 0.1) is 77.9 Å². The van der Waals surface area contributed by atoms with Gasteiger partial charge in [-0.2, -0.15) is 0 Å². The maximum absolute atomic E-state index is 14.2. The molecule has 0 bridgehead atoms. The van der Waals surface area contributed by atoms with Gasteiger partial charge in [-0.15, -0.1) is 0 Å². The van der Waals surface area contributed by atoms with Gasteiger partial charge in [0.15, 0.2) is 0 Å². The van der Waals surface area contributed by atoms with Crippen molar-refractivity contribution in [1.82, 2.24) is 4.57 Å². The van der Waals surface area contributed by atoms with Crippen molar-refractivity contribution in [2.75, 3.05) is 42.7 Å². The molecule has 0 radical (unpaired) electrons. The minimum atomic E-state index is -1.38. The molecule has 1 aromatic heterocycles. The molecule has 0 spiro atoms. The third-order valence-corrected chi connectivity index (χ3v) is 5.73. The van der Waals surface area contributed by atoms with Gasteiger partial charge in [0, 0.05) is 0 Å². The minimum absolute atomic E-state index is 0.387. The average molecular weight is 574 g/mol. The fraction of sp³-hybridized carbons (Fsp3) is 0.296. The van der Waals surface area contributed by atoms with Crippen molar-refractivity contribution in [3.63, 3.8) is 0 Å². The van der Waals surface area contributed by atoms with E-state index in [1.165, 1.54) is 0 Å². The number of ether oxygens (including phenoxy) is 6. The van der Waals surface area contributed by atoms with Crippen LogP contribution in [0.15, 0.2) is 40.7 Å². The fourth-order valence-corrected chi connectivity index (χ4v) is 3.87. The second kappa shape index (κ2) is 14.2. The molecule has 2 rings (SSSR count). The zero-order valence-electron chi connectivity index (χ0n) is 23.1. The highest BCUT2D eigenvalue weighted by Gasteiger charge is 2.39. The molecule has 14 heteroatoms. The maximum Gasteiger partial charge on any atom is 0.355 e. The Morgan fingerprint density at radius 1 is 0.634 bits per heavy atom. The number of benzene rings is 1. The number of methoxy groups -OCH3 is 6. The van der Waals surface area contributed by atoms with Crippen LogP contribution in [0.3, 0.4) is 0 Å². The Hall–Kier alpha value is -5.27. The van der Waals surface area contributed by atoms with Crippen LogP contribution in [0.2, 0.25) is 0 Å². The molecule has 0 fully saturated rings. The smallest absolute Gasteiger partial charge is 0.355 e. The van der Waals surface area contributed by atoms with Crippen molar-refractivity contribution >= 4 is 41.4 Å². The van der Waals surface area contributed by atoms with Gasteiger partial charge in [-0.05, 0) is 5.56 Å². The van der Waals surface area contributed by atoms with E-state index in [0.717, 1.165) is 47.2 Å². The number of esters is 6. The number of nitrogens with zero attached hydrogens (tertiary/aromatic N) is 1. The summed E-state index contributed by atoms with van der Waals surface area (Å²) < 4.78 is 29.3. The predicted octanol–water partition coefficient (Wildman–Crippen LogP) is 0.919. The summed E-state index contributed by atoms with van der Waals surface area (Å²) in [5.74, 6) is -7.57. The van der Waals surface area contributed by atoms with Crippen molar-refractivity contribution in [3.05, 3.63) is 74.2 Å². The van der Waals surface area contributed by atoms with Gasteiger partial charge >= 0.3 is 35.8 Å². The maximum atomic E-state index is 14.2. The molecule has 1 heterocycles. The lowest BCUT2D eigenvalue weighted by molar-refractivity contribution is -0.143. The van der Waals surface area contributed by atoms with Crippen molar-refractivity contribution in [1.29, 1.82) is 0 Å². The number of rotatable bonds is 10. The molecule has 0 saturated carbocycles. The number of aromatic nitrogens is 1. The average Bonchev–Trinajstić information content (AvgIpc) is 3.00. The van der Waals surface area contributed by atoms with Crippen LogP contribution in [-0.2, 0) is 49.3 Å². The molecule has 1 aromatic carbocycles. The molecular weight excluding hydrogens is 546 g/mol. The van der Waals surface area contributed by atoms with Crippen LogP contribution in [-0.4, -0.2) is 83.0 Å². The first-order valence-electron chi connectivity index (χ1n) is 11.6. The quantitative estimate of drug-likeness (QED) is 0.223. The summed E-state index contributed by atoms with van der Waals surface area (Å²) in [6, 6.07) is 8.14. The van der Waals surface area contributed by atoms with E-state index in [4.69, 9.17) is 23.7 Å². The summed E-state index contributed by atoms with van der Waals surface area (Å²) in [5, 5.41) is 0. The second-order valence-electron chi connectivity index (χ2n) is 7.91. The van der Waals surface area contributed by atoms with Crippen molar-refractivity contribution in [3.8, 4) is 0 Å². The highest BCUT2D eigenvalue weighted by Crippen LogP contribution is 2.30. The first kappa shape index (κ1) is 31.9. The summed E-state index contributed by atoms with van der Waals surface area (Å²) in [7, 11) is 5.65. The van der Waals surface area contributed by atoms with E-state index in [1.54, 1.807) is 30.3 Å². The van der Waals surface area contributed by atoms with Crippen molar-refractivity contribution in [2.45, 2.75) is 13.0 Å². The number of hydrogen-bond acceptors (Lipinski definition) is 13. The highest BCUT2D eigenvalue weighted by molar-refractivity contribution is 6.26. The summed E-state index contributed by atoms with van der Waals surface area (Å²) in [6.07, 6.45) is -0.918. The monoisotopic (exact) mass is 573 g/mol. The van der Waals surface area contributed by atoms with Gasteiger partial charge < -0.3 is 28.4 Å². The largest absolute Gasteiger partial charge is 0.469 e. The SMILES string of the molecule is COC(=O)C/C(C(=O)OC)=C(\C(=O)OC)c1c(C(=O)OC)c(C(=O)OC)c(C(=O)OC)n(Cc2ccccc2)c1=O. The third-order valence-electron chi connectivity index (χ3n) is 5.73. The van der Waals surface area contributed by atoms with Crippen LogP contribution in [0.5, 0.6) is 0 Å². The second-order valence-corrected chi connectivity index (χ2v) is 7.91. The molecule has 218 valence electrons. The number of carbonyl (C=O) groups is 6. The molecule has 0 aliphatic carbocycles. The van der Waals surface area contributed by atoms with E-state index in [9.17, 15) is 33.6 Å². The molecule has 2 aromatic rings. The molecule has 14 nitrogen and oxygen atoms in total. The van der Waals surface area contributed by atoms with Crippen molar-refractivity contribution < 1.29 is 57.2 Å².